The number of oxazole rings is 1. The molecule has 2 aromatic carbocycles. The Kier molecular flexibility index (Phi) is 3.77. The lowest BCUT2D eigenvalue weighted by molar-refractivity contribution is 0.0602. The van der Waals surface area contributed by atoms with Gasteiger partial charge in [0.2, 0.25) is 5.95 Å². The number of methoxy groups -OCH3 is 1. The molecule has 0 unspecified atom stereocenters. The van der Waals surface area contributed by atoms with Gasteiger partial charge in [-0.2, -0.15) is 0 Å². The zero-order valence-corrected chi connectivity index (χ0v) is 14.4. The maximum absolute atomic E-state index is 14.0. The number of anilines is 2. The van der Waals surface area contributed by atoms with Crippen LogP contribution in [0.3, 0.4) is 0 Å². The summed E-state index contributed by atoms with van der Waals surface area (Å²) in [6.07, 6.45) is 0. The van der Waals surface area contributed by atoms with Gasteiger partial charge in [-0.05, 0) is 18.2 Å². The second-order valence-corrected chi connectivity index (χ2v) is 5.93. The van der Waals surface area contributed by atoms with Gasteiger partial charge in [-0.25, -0.2) is 19.2 Å². The number of aromatic nitrogens is 3. The highest BCUT2D eigenvalue weighted by molar-refractivity contribution is 6.33. The highest BCUT2D eigenvalue weighted by Crippen LogP contribution is 2.32. The lowest BCUT2D eigenvalue weighted by atomic mass is 10.1. The molecule has 0 spiro atoms. The summed E-state index contributed by atoms with van der Waals surface area (Å²) in [6.45, 7) is 1.67. The number of imidazole rings is 1. The molecule has 2 aromatic heterocycles. The molecule has 0 aliphatic heterocycles. The Hall–Kier alpha value is -3.13. The van der Waals surface area contributed by atoms with E-state index in [9.17, 15) is 9.18 Å². The van der Waals surface area contributed by atoms with Crippen LogP contribution in [0.2, 0.25) is 5.02 Å². The Morgan fingerprint density at radius 3 is 2.92 bits per heavy atom. The van der Waals surface area contributed by atoms with Crippen LogP contribution in [0.4, 0.5) is 16.0 Å². The summed E-state index contributed by atoms with van der Waals surface area (Å²) in [7, 11) is 1.28. The number of aromatic amines is 1. The van der Waals surface area contributed by atoms with E-state index < -0.39 is 11.8 Å². The van der Waals surface area contributed by atoms with E-state index in [1.165, 1.54) is 25.3 Å². The molecule has 0 saturated heterocycles. The summed E-state index contributed by atoms with van der Waals surface area (Å²) in [4.78, 5) is 23.7. The van der Waals surface area contributed by atoms with Crippen LogP contribution in [0.5, 0.6) is 0 Å². The molecule has 4 aromatic rings. The highest BCUT2D eigenvalue weighted by Gasteiger charge is 2.21. The SMILES string of the molecule is COC(=O)c1cc2nc(Nc3c(F)cccc3Cl)[nH]c2c2nc(C)oc12. The molecule has 0 radical (unpaired) electrons. The number of hydrogen-bond acceptors (Lipinski definition) is 6. The number of benzene rings is 2. The first-order valence-electron chi connectivity index (χ1n) is 7.57. The van der Waals surface area contributed by atoms with Crippen molar-refractivity contribution in [3.8, 4) is 0 Å². The minimum Gasteiger partial charge on any atom is -0.465 e. The minimum atomic E-state index is -0.567. The monoisotopic (exact) mass is 374 g/mol. The molecule has 2 N–H and O–H groups in total. The molecule has 7 nitrogen and oxygen atoms in total. The van der Waals surface area contributed by atoms with Crippen molar-refractivity contribution < 1.29 is 18.3 Å². The lowest BCUT2D eigenvalue weighted by Crippen LogP contribution is -2.01. The number of nitrogens with one attached hydrogen (secondary N) is 2. The van der Waals surface area contributed by atoms with Gasteiger partial charge in [0.25, 0.3) is 0 Å². The van der Waals surface area contributed by atoms with Crippen molar-refractivity contribution in [2.45, 2.75) is 6.92 Å². The van der Waals surface area contributed by atoms with Crippen LogP contribution in [0, 0.1) is 12.7 Å². The first kappa shape index (κ1) is 16.3. The number of halogens is 2. The van der Waals surface area contributed by atoms with Crippen LogP contribution in [-0.4, -0.2) is 28.0 Å². The van der Waals surface area contributed by atoms with Crippen molar-refractivity contribution in [2.75, 3.05) is 12.4 Å². The normalized spacial score (nSPS) is 11.2. The number of H-pyrrole nitrogens is 1. The fourth-order valence-corrected chi connectivity index (χ4v) is 2.92. The number of fused-ring (bicyclic) bond motifs is 3. The van der Waals surface area contributed by atoms with E-state index in [4.69, 9.17) is 20.8 Å². The second-order valence-electron chi connectivity index (χ2n) is 5.53. The average molecular weight is 375 g/mol. The Labute approximate surface area is 151 Å². The number of ether oxygens (including phenoxy) is 1. The second kappa shape index (κ2) is 5.99. The van der Waals surface area contributed by atoms with Gasteiger partial charge in [-0.3, -0.25) is 0 Å². The maximum Gasteiger partial charge on any atom is 0.341 e. The Morgan fingerprint density at radius 2 is 2.19 bits per heavy atom. The van der Waals surface area contributed by atoms with Gasteiger partial charge in [0, 0.05) is 6.92 Å². The van der Waals surface area contributed by atoms with Crippen LogP contribution in [0.1, 0.15) is 16.2 Å². The number of esters is 1. The Balaban J connectivity index is 1.90. The van der Waals surface area contributed by atoms with E-state index in [2.05, 4.69) is 20.3 Å². The van der Waals surface area contributed by atoms with E-state index in [1.807, 2.05) is 0 Å². The third-order valence-corrected chi connectivity index (χ3v) is 4.15. The van der Waals surface area contributed by atoms with Crippen molar-refractivity contribution in [1.82, 2.24) is 15.0 Å². The van der Waals surface area contributed by atoms with Gasteiger partial charge in [-0.1, -0.05) is 17.7 Å². The van der Waals surface area contributed by atoms with Crippen LogP contribution in [0.25, 0.3) is 22.1 Å². The largest absolute Gasteiger partial charge is 0.465 e. The average Bonchev–Trinajstić information content (AvgIpc) is 3.19. The molecule has 0 amide bonds. The summed E-state index contributed by atoms with van der Waals surface area (Å²) >= 11 is 6.03. The van der Waals surface area contributed by atoms with Crippen molar-refractivity contribution in [2.24, 2.45) is 0 Å². The van der Waals surface area contributed by atoms with Crippen LogP contribution in [-0.2, 0) is 4.74 Å². The number of aryl methyl sites for hydroxylation is 1. The Morgan fingerprint density at radius 1 is 1.38 bits per heavy atom. The molecule has 9 heteroatoms. The quantitative estimate of drug-likeness (QED) is 0.518. The summed E-state index contributed by atoms with van der Waals surface area (Å²) < 4.78 is 24.3. The van der Waals surface area contributed by atoms with Gasteiger partial charge in [0.1, 0.15) is 16.9 Å². The summed E-state index contributed by atoms with van der Waals surface area (Å²) in [5, 5.41) is 3.03. The van der Waals surface area contributed by atoms with Gasteiger partial charge >= 0.3 is 5.97 Å². The standard InChI is InChI=1S/C17H12ClFN4O3/c1-7-20-14-13-11(6-8(15(14)26-7)16(24)25-2)21-17(23-13)22-12-9(18)4-3-5-10(12)19/h3-6H,1-2H3,(H2,21,22,23). The minimum absolute atomic E-state index is 0.0917. The lowest BCUT2D eigenvalue weighted by Gasteiger charge is -2.05. The first-order chi connectivity index (χ1) is 12.5. The molecule has 0 fully saturated rings. The van der Waals surface area contributed by atoms with E-state index in [0.717, 1.165) is 0 Å². The molecule has 26 heavy (non-hydrogen) atoms. The number of carbonyl (C=O) groups is 1. The van der Waals surface area contributed by atoms with Crippen molar-refractivity contribution in [3.05, 3.63) is 46.6 Å². The van der Waals surface area contributed by atoms with Gasteiger partial charge in [0.05, 0.1) is 28.9 Å². The molecular formula is C17H12ClFN4O3. The highest BCUT2D eigenvalue weighted by atomic mass is 35.5. The molecule has 0 bridgehead atoms. The molecule has 0 aliphatic rings. The Bertz CT molecular complexity index is 1150. The molecule has 0 atom stereocenters. The molecule has 4 rings (SSSR count). The molecular weight excluding hydrogens is 363 g/mol. The smallest absolute Gasteiger partial charge is 0.341 e. The fourth-order valence-electron chi connectivity index (χ4n) is 2.71. The van der Waals surface area contributed by atoms with Gasteiger partial charge < -0.3 is 19.5 Å². The van der Waals surface area contributed by atoms with Crippen molar-refractivity contribution in [1.29, 1.82) is 0 Å². The molecule has 132 valence electrons. The number of rotatable bonds is 3. The fraction of sp³-hybridized carbons (Fsp3) is 0.118. The van der Waals surface area contributed by atoms with E-state index in [1.54, 1.807) is 13.0 Å². The van der Waals surface area contributed by atoms with E-state index >= 15 is 0 Å². The first-order valence-corrected chi connectivity index (χ1v) is 7.95. The zero-order chi connectivity index (χ0) is 18.4. The third kappa shape index (κ3) is 2.55. The summed E-state index contributed by atoms with van der Waals surface area (Å²) in [5.74, 6) is -0.451. The topological polar surface area (TPSA) is 93.0 Å². The van der Waals surface area contributed by atoms with E-state index in [0.29, 0.717) is 28.0 Å². The zero-order valence-electron chi connectivity index (χ0n) is 13.7. The van der Waals surface area contributed by atoms with Crippen molar-refractivity contribution in [3.63, 3.8) is 0 Å². The summed E-state index contributed by atoms with van der Waals surface area (Å²) in [6, 6.07) is 5.88. The molecule has 0 aliphatic carbocycles. The van der Waals surface area contributed by atoms with E-state index in [-0.39, 0.29) is 22.2 Å². The van der Waals surface area contributed by atoms with Gasteiger partial charge in [-0.15, -0.1) is 0 Å². The van der Waals surface area contributed by atoms with Crippen LogP contribution in [0.15, 0.2) is 28.7 Å². The van der Waals surface area contributed by atoms with Crippen molar-refractivity contribution >= 4 is 51.3 Å². The number of carbonyl (C=O) groups excluding carboxylic acids is 1. The molecule has 2 heterocycles. The third-order valence-electron chi connectivity index (χ3n) is 3.84. The summed E-state index contributed by atoms with van der Waals surface area (Å²) in [5.41, 5.74) is 2.01. The van der Waals surface area contributed by atoms with Crippen LogP contribution >= 0.6 is 11.6 Å². The maximum atomic E-state index is 14.0. The predicted octanol–water partition coefficient (Wildman–Crippen LogP) is 4.34. The van der Waals surface area contributed by atoms with Gasteiger partial charge in [0.15, 0.2) is 11.5 Å². The van der Waals surface area contributed by atoms with Crippen LogP contribution < -0.4 is 5.32 Å². The number of nitrogens with zero attached hydrogens (tertiary/aromatic N) is 2. The number of para-hydroxylation sites is 1. The molecule has 0 saturated carbocycles. The number of hydrogen-bond donors (Lipinski definition) is 2. The predicted molar refractivity (Wildman–Crippen MR) is 94.4 cm³/mol.